The van der Waals surface area contributed by atoms with Crippen LogP contribution in [0.5, 0.6) is 0 Å². The molecule has 42 heavy (non-hydrogen) atoms. The molecule has 0 aliphatic carbocycles. The van der Waals surface area contributed by atoms with Gasteiger partial charge in [-0.25, -0.2) is 0 Å². The van der Waals surface area contributed by atoms with Gasteiger partial charge in [0.2, 0.25) is 0 Å². The van der Waals surface area contributed by atoms with E-state index < -0.39 is 0 Å². The number of likely N-dealkylation sites (tertiary alicyclic amines) is 1. The van der Waals surface area contributed by atoms with E-state index in [1.807, 2.05) is 6.92 Å². The van der Waals surface area contributed by atoms with E-state index in [4.69, 9.17) is 0 Å². The molecule has 1 saturated heterocycles. The molecule has 3 aromatic carbocycles. The Kier molecular flexibility index (Phi) is 8.02. The molecule has 0 atom stereocenters. The smallest absolute Gasteiger partial charge is 0.157 e. The molecular weight excluding hydrogens is 518 g/mol. The van der Waals surface area contributed by atoms with Crippen LogP contribution in [0.3, 0.4) is 0 Å². The molecule has 0 bridgehead atoms. The summed E-state index contributed by atoms with van der Waals surface area (Å²) < 4.78 is 2.20. The molecule has 6 rings (SSSR count). The highest BCUT2D eigenvalue weighted by atomic mass is 15.3. The first-order chi connectivity index (χ1) is 20.4. The van der Waals surface area contributed by atoms with E-state index in [9.17, 15) is 0 Å². The molecule has 218 valence electrons. The van der Waals surface area contributed by atoms with Crippen molar-refractivity contribution in [3.8, 4) is 5.69 Å². The van der Waals surface area contributed by atoms with Crippen LogP contribution in [-0.4, -0.2) is 74.0 Å². The number of para-hydroxylation sites is 2. The van der Waals surface area contributed by atoms with E-state index >= 15 is 0 Å². The Morgan fingerprint density at radius 3 is 1.86 bits per heavy atom. The van der Waals surface area contributed by atoms with E-state index in [1.54, 1.807) is 5.57 Å². The zero-order chi connectivity index (χ0) is 29.2. The Bertz CT molecular complexity index is 1480. The van der Waals surface area contributed by atoms with Crippen molar-refractivity contribution in [3.63, 3.8) is 0 Å². The molecule has 0 radical (unpaired) electrons. The molecule has 7 nitrogen and oxygen atoms in total. The van der Waals surface area contributed by atoms with Gasteiger partial charge in [0, 0.05) is 59.2 Å². The highest BCUT2D eigenvalue weighted by Gasteiger charge is 2.25. The van der Waals surface area contributed by atoms with Crippen LogP contribution in [0, 0.1) is 6.92 Å². The lowest BCUT2D eigenvalue weighted by molar-refractivity contribution is 0.254. The van der Waals surface area contributed by atoms with Crippen molar-refractivity contribution in [1.82, 2.24) is 19.7 Å². The summed E-state index contributed by atoms with van der Waals surface area (Å²) in [5, 5.41) is 8.80. The second-order valence-electron chi connectivity index (χ2n) is 12.0. The molecular formula is C35H43N7. The maximum Gasteiger partial charge on any atom is 0.157 e. The molecule has 0 amide bonds. The van der Waals surface area contributed by atoms with Crippen molar-refractivity contribution in [3.05, 3.63) is 101 Å². The molecule has 3 heterocycles. The number of piperidine rings is 1. The Morgan fingerprint density at radius 1 is 0.714 bits per heavy atom. The number of fused-ring (bicyclic) bond motifs is 3. The molecule has 0 unspecified atom stereocenters. The van der Waals surface area contributed by atoms with Crippen LogP contribution in [0.15, 0.2) is 78.4 Å². The van der Waals surface area contributed by atoms with Crippen LogP contribution >= 0.6 is 0 Å². The largest absolute Gasteiger partial charge is 0.378 e. The molecule has 1 fully saturated rings. The first-order valence-electron chi connectivity index (χ1n) is 15.1. The zero-order valence-corrected chi connectivity index (χ0v) is 25.7. The second kappa shape index (κ2) is 12.0. The average Bonchev–Trinajstić information content (AvgIpc) is 3.39. The van der Waals surface area contributed by atoms with Gasteiger partial charge < -0.3 is 19.6 Å². The number of benzene rings is 3. The molecule has 4 aromatic rings. The minimum absolute atomic E-state index is 0.813. The van der Waals surface area contributed by atoms with Crippen molar-refractivity contribution in [1.29, 1.82) is 0 Å². The first-order valence-corrected chi connectivity index (χ1v) is 15.1. The minimum Gasteiger partial charge on any atom is -0.378 e. The van der Waals surface area contributed by atoms with Gasteiger partial charge in [-0.1, -0.05) is 42.0 Å². The van der Waals surface area contributed by atoms with Crippen molar-refractivity contribution in [2.45, 2.75) is 32.7 Å². The predicted octanol–water partition coefficient (Wildman–Crippen LogP) is 6.02. The summed E-state index contributed by atoms with van der Waals surface area (Å²) in [6.07, 6.45) is 3.34. The Labute approximate surface area is 250 Å². The fourth-order valence-electron chi connectivity index (χ4n) is 6.41. The van der Waals surface area contributed by atoms with Crippen LogP contribution in [0.1, 0.15) is 42.0 Å². The molecule has 2 aliphatic heterocycles. The highest BCUT2D eigenvalue weighted by molar-refractivity contribution is 5.83. The molecule has 1 aromatic heterocycles. The fourth-order valence-corrected chi connectivity index (χ4v) is 6.41. The Morgan fingerprint density at radius 2 is 1.29 bits per heavy atom. The summed E-state index contributed by atoms with van der Waals surface area (Å²) in [6, 6.07) is 26.8. The predicted molar refractivity (Wildman–Crippen MR) is 175 cm³/mol. The van der Waals surface area contributed by atoms with Crippen LogP contribution in [0.25, 0.3) is 11.3 Å². The minimum atomic E-state index is 0.813. The molecule has 7 heteroatoms. The topological polar surface area (TPSA) is 43.7 Å². The normalized spacial score (nSPS) is 14.9. The van der Waals surface area contributed by atoms with Crippen molar-refractivity contribution < 1.29 is 0 Å². The van der Waals surface area contributed by atoms with Crippen molar-refractivity contribution in [2.75, 3.05) is 69.1 Å². The first kappa shape index (κ1) is 28.0. The molecule has 0 N–H and O–H groups in total. The summed E-state index contributed by atoms with van der Waals surface area (Å²) in [4.78, 5) is 9.44. The number of hydrogen-bond donors (Lipinski definition) is 0. The van der Waals surface area contributed by atoms with Gasteiger partial charge in [-0.3, -0.25) is 4.57 Å². The second-order valence-corrected chi connectivity index (χ2v) is 12.0. The fraction of sp³-hybridized carbons (Fsp3) is 0.371. The lowest BCUT2D eigenvalue weighted by Crippen LogP contribution is -2.35. The zero-order valence-electron chi connectivity index (χ0n) is 25.7. The van der Waals surface area contributed by atoms with Crippen molar-refractivity contribution >= 4 is 22.6 Å². The number of aryl methyl sites for hydroxylation is 1. The van der Waals surface area contributed by atoms with E-state index in [0.717, 1.165) is 63.6 Å². The lowest BCUT2D eigenvalue weighted by Gasteiger charge is -2.33. The lowest BCUT2D eigenvalue weighted by atomic mass is 9.88. The maximum atomic E-state index is 4.46. The van der Waals surface area contributed by atoms with E-state index in [2.05, 4.69) is 135 Å². The van der Waals surface area contributed by atoms with Gasteiger partial charge in [0.05, 0.1) is 17.9 Å². The van der Waals surface area contributed by atoms with Gasteiger partial charge in [0.25, 0.3) is 0 Å². The SMILES string of the molecule is Cc1nnc2n1-c1ccccc1N(CCCN1CCC(=C(c3ccc(N(C)C)cc3)c3ccc(N(C)C)cc3)CC1)C2. The maximum absolute atomic E-state index is 4.46. The summed E-state index contributed by atoms with van der Waals surface area (Å²) in [5.41, 5.74) is 10.5. The summed E-state index contributed by atoms with van der Waals surface area (Å²) in [7, 11) is 8.39. The van der Waals surface area contributed by atoms with Gasteiger partial charge in [0.1, 0.15) is 5.82 Å². The third kappa shape index (κ3) is 5.66. The van der Waals surface area contributed by atoms with Crippen LogP contribution < -0.4 is 14.7 Å². The van der Waals surface area contributed by atoms with Gasteiger partial charge in [-0.05, 0) is 85.8 Å². The molecule has 0 spiro atoms. The molecule has 2 aliphatic rings. The van der Waals surface area contributed by atoms with E-state index in [-0.39, 0.29) is 0 Å². The van der Waals surface area contributed by atoms with Crippen LogP contribution in [0.2, 0.25) is 0 Å². The van der Waals surface area contributed by atoms with E-state index in [0.29, 0.717) is 0 Å². The quantitative estimate of drug-likeness (QED) is 0.262. The average molecular weight is 562 g/mol. The van der Waals surface area contributed by atoms with Crippen LogP contribution in [0.4, 0.5) is 17.1 Å². The van der Waals surface area contributed by atoms with Gasteiger partial charge >= 0.3 is 0 Å². The Hall–Kier alpha value is -4.10. The monoisotopic (exact) mass is 561 g/mol. The van der Waals surface area contributed by atoms with Crippen molar-refractivity contribution in [2.24, 2.45) is 0 Å². The Balaban J connectivity index is 1.14. The van der Waals surface area contributed by atoms with E-state index in [1.165, 1.54) is 39.4 Å². The number of nitrogens with zero attached hydrogens (tertiary/aromatic N) is 7. The number of anilines is 3. The highest BCUT2D eigenvalue weighted by Crippen LogP contribution is 2.35. The van der Waals surface area contributed by atoms with Crippen LogP contribution in [-0.2, 0) is 6.54 Å². The summed E-state index contributed by atoms with van der Waals surface area (Å²) >= 11 is 0. The third-order valence-electron chi connectivity index (χ3n) is 8.75. The van der Waals surface area contributed by atoms with Gasteiger partial charge in [-0.2, -0.15) is 0 Å². The van der Waals surface area contributed by atoms with Gasteiger partial charge in [-0.15, -0.1) is 10.2 Å². The standard InChI is InChI=1S/C35H43N7/c1-26-36-37-34-25-41(32-9-6-7-10-33(32)42(26)34)22-8-21-40-23-19-29(20-24-40)35(27-11-15-30(16-12-27)38(2)3)28-13-17-31(18-14-28)39(4)5/h6-7,9-18H,8,19-25H2,1-5H3. The number of hydrogen-bond acceptors (Lipinski definition) is 6. The summed E-state index contributed by atoms with van der Waals surface area (Å²) in [5.74, 6) is 1.99. The molecule has 0 saturated carbocycles. The summed E-state index contributed by atoms with van der Waals surface area (Å²) in [6.45, 7) is 7.19. The van der Waals surface area contributed by atoms with Gasteiger partial charge in [0.15, 0.2) is 5.82 Å². The third-order valence-corrected chi connectivity index (χ3v) is 8.75. The number of rotatable bonds is 8. The number of aromatic nitrogens is 3.